The van der Waals surface area contributed by atoms with Crippen LogP contribution in [0.1, 0.15) is 144 Å². The Kier molecular flexibility index (Phi) is 13.1. The highest BCUT2D eigenvalue weighted by Gasteiger charge is 2.42. The lowest BCUT2D eigenvalue weighted by atomic mass is 9.86. The van der Waals surface area contributed by atoms with E-state index in [2.05, 4.69) is 23.8 Å². The Hall–Kier alpha value is -4.33. The van der Waals surface area contributed by atoms with Crippen LogP contribution in [0.4, 0.5) is 10.3 Å². The number of carbonyl (C=O) groups is 5. The predicted octanol–water partition coefficient (Wildman–Crippen LogP) is 8.72. The largest absolute Gasteiger partial charge is 0.465 e. The van der Waals surface area contributed by atoms with Crippen LogP contribution in [0.3, 0.4) is 0 Å². The highest BCUT2D eigenvalue weighted by molar-refractivity contribution is 7.14. The van der Waals surface area contributed by atoms with Gasteiger partial charge in [0.25, 0.3) is 23.6 Å². The molecule has 0 saturated carbocycles. The van der Waals surface area contributed by atoms with E-state index in [0.717, 1.165) is 58.9 Å². The van der Waals surface area contributed by atoms with E-state index in [1.54, 1.807) is 5.38 Å². The summed E-state index contributed by atoms with van der Waals surface area (Å²) in [5.41, 5.74) is 1.92. The summed E-state index contributed by atoms with van der Waals surface area (Å²) in [5.74, 6) is -2.79. The van der Waals surface area contributed by atoms with Crippen molar-refractivity contribution < 1.29 is 33.4 Å². The van der Waals surface area contributed by atoms with Crippen LogP contribution in [0.25, 0.3) is 10.8 Å². The molecule has 4 amide bonds. The second-order valence-corrected chi connectivity index (χ2v) is 15.2. The first-order chi connectivity index (χ1) is 25.8. The lowest BCUT2D eigenvalue weighted by molar-refractivity contribution is -0.143. The minimum Gasteiger partial charge on any atom is -0.465 e. The fourth-order valence-corrected chi connectivity index (χ4v) is 8.42. The molecule has 0 atom stereocenters. The van der Waals surface area contributed by atoms with Crippen molar-refractivity contribution in [3.8, 4) is 0 Å². The van der Waals surface area contributed by atoms with Crippen LogP contribution in [0.5, 0.6) is 0 Å². The molecule has 4 aromatic rings. The molecule has 13 heteroatoms. The van der Waals surface area contributed by atoms with Crippen LogP contribution in [0, 0.1) is 0 Å². The molecule has 280 valence electrons. The van der Waals surface area contributed by atoms with Crippen molar-refractivity contribution in [1.82, 2.24) is 9.97 Å². The third kappa shape index (κ3) is 8.58. The topological polar surface area (TPSA) is 136 Å². The van der Waals surface area contributed by atoms with E-state index in [9.17, 15) is 24.0 Å². The van der Waals surface area contributed by atoms with Gasteiger partial charge in [-0.3, -0.25) is 24.0 Å². The fraction of sp³-hybridized carbons (Fsp3) is 0.475. The molecule has 0 N–H and O–H groups in total. The number of aromatic nitrogens is 2. The molecule has 53 heavy (non-hydrogen) atoms. The van der Waals surface area contributed by atoms with Crippen molar-refractivity contribution in [2.45, 2.75) is 104 Å². The molecule has 0 radical (unpaired) electrons. The molecule has 2 aromatic carbocycles. The van der Waals surface area contributed by atoms with Gasteiger partial charge in [-0.05, 0) is 37.1 Å². The van der Waals surface area contributed by atoms with Crippen LogP contribution in [-0.2, 0) is 27.1 Å². The number of amides is 4. The van der Waals surface area contributed by atoms with Crippen molar-refractivity contribution in [3.05, 3.63) is 68.7 Å². The molecule has 0 spiro atoms. The first-order valence-electron chi connectivity index (χ1n) is 18.8. The second kappa shape index (κ2) is 18.1. The Morgan fingerprint density at radius 3 is 1.53 bits per heavy atom. The molecule has 4 heterocycles. The van der Waals surface area contributed by atoms with E-state index in [1.807, 2.05) is 5.38 Å². The molecule has 0 fully saturated rings. The number of thiazole rings is 2. The summed E-state index contributed by atoms with van der Waals surface area (Å²) in [4.78, 5) is 79.0. The lowest BCUT2D eigenvalue weighted by Gasteiger charge is -2.30. The summed E-state index contributed by atoms with van der Waals surface area (Å²) in [6.07, 6.45) is 14.1. The quantitative estimate of drug-likeness (QED) is 0.0464. The molecule has 0 saturated heterocycles. The predicted molar refractivity (Wildman–Crippen MR) is 206 cm³/mol. The van der Waals surface area contributed by atoms with Gasteiger partial charge in [0, 0.05) is 56.8 Å². The SMILES string of the molecule is CCCCCCCCOCCc1csc(N2C(=O)c3ccc4c5c(ccc(c35)C2=O)C(=O)N(c2nc(CC(=O)OCCCCCCCC)cs2)C4=O)n1. The van der Waals surface area contributed by atoms with Crippen LogP contribution in [0.2, 0.25) is 0 Å². The summed E-state index contributed by atoms with van der Waals surface area (Å²) in [6.45, 7) is 5.91. The van der Waals surface area contributed by atoms with Crippen LogP contribution >= 0.6 is 22.7 Å². The number of esters is 1. The molecule has 2 aromatic heterocycles. The first kappa shape index (κ1) is 38.4. The number of carbonyl (C=O) groups excluding carboxylic acids is 5. The zero-order valence-electron chi connectivity index (χ0n) is 30.4. The smallest absolute Gasteiger partial charge is 0.311 e. The number of hydrogen-bond donors (Lipinski definition) is 0. The van der Waals surface area contributed by atoms with Gasteiger partial charge >= 0.3 is 5.97 Å². The monoisotopic (exact) mass is 758 g/mol. The normalized spacial score (nSPS) is 13.8. The van der Waals surface area contributed by atoms with Crippen molar-refractivity contribution in [1.29, 1.82) is 0 Å². The zero-order chi connectivity index (χ0) is 37.3. The summed E-state index contributed by atoms with van der Waals surface area (Å²) in [5, 5.41) is 4.40. The maximum absolute atomic E-state index is 13.9. The van der Waals surface area contributed by atoms with Crippen LogP contribution in [0.15, 0.2) is 35.0 Å². The number of hydrogen-bond acceptors (Lipinski definition) is 11. The zero-order valence-corrected chi connectivity index (χ0v) is 32.1. The van der Waals surface area contributed by atoms with Gasteiger partial charge in [-0.15, -0.1) is 22.7 Å². The maximum atomic E-state index is 13.9. The van der Waals surface area contributed by atoms with Gasteiger partial charge in [0.05, 0.1) is 31.0 Å². The van der Waals surface area contributed by atoms with Crippen molar-refractivity contribution in [2.75, 3.05) is 29.6 Å². The van der Waals surface area contributed by atoms with E-state index in [-0.39, 0.29) is 49.7 Å². The highest BCUT2D eigenvalue weighted by atomic mass is 32.1. The Balaban J connectivity index is 1.11. The van der Waals surface area contributed by atoms with Gasteiger partial charge in [0.1, 0.15) is 0 Å². The van der Waals surface area contributed by atoms with Gasteiger partial charge in [-0.25, -0.2) is 19.8 Å². The fourth-order valence-electron chi connectivity index (χ4n) is 6.75. The van der Waals surface area contributed by atoms with E-state index in [4.69, 9.17) is 9.47 Å². The third-order valence-corrected chi connectivity index (χ3v) is 11.3. The van der Waals surface area contributed by atoms with E-state index in [0.29, 0.717) is 31.9 Å². The van der Waals surface area contributed by atoms with Crippen molar-refractivity contribution in [2.24, 2.45) is 0 Å². The molecule has 2 aliphatic rings. The number of benzene rings is 2. The molecule has 2 aliphatic heterocycles. The number of unbranched alkanes of at least 4 members (excludes halogenated alkanes) is 10. The van der Waals surface area contributed by atoms with Gasteiger partial charge in [-0.2, -0.15) is 0 Å². The maximum Gasteiger partial charge on any atom is 0.311 e. The van der Waals surface area contributed by atoms with Gasteiger partial charge in [-0.1, -0.05) is 78.1 Å². The summed E-state index contributed by atoms with van der Waals surface area (Å²) >= 11 is 2.29. The minimum absolute atomic E-state index is 0.0736. The molecule has 0 bridgehead atoms. The number of ether oxygens (including phenoxy) is 2. The average Bonchev–Trinajstić information content (AvgIpc) is 3.81. The van der Waals surface area contributed by atoms with Crippen LogP contribution < -0.4 is 9.80 Å². The minimum atomic E-state index is -0.622. The van der Waals surface area contributed by atoms with Crippen molar-refractivity contribution >= 4 is 73.3 Å². The summed E-state index contributed by atoms with van der Waals surface area (Å²) < 4.78 is 11.2. The molecule has 0 unspecified atom stereocenters. The average molecular weight is 759 g/mol. The third-order valence-electron chi connectivity index (χ3n) is 9.59. The Labute approximate surface area is 317 Å². The second-order valence-electron chi connectivity index (χ2n) is 13.5. The van der Waals surface area contributed by atoms with Gasteiger partial charge in [0.2, 0.25) is 0 Å². The Bertz CT molecular complexity index is 1920. The van der Waals surface area contributed by atoms with E-state index < -0.39 is 29.6 Å². The number of rotatable bonds is 21. The molecular weight excluding hydrogens is 713 g/mol. The number of anilines is 2. The molecule has 0 aliphatic carbocycles. The van der Waals surface area contributed by atoms with Gasteiger partial charge < -0.3 is 9.47 Å². The van der Waals surface area contributed by atoms with Crippen molar-refractivity contribution in [3.63, 3.8) is 0 Å². The summed E-state index contributed by atoms with van der Waals surface area (Å²) in [7, 11) is 0. The highest BCUT2D eigenvalue weighted by Crippen LogP contribution is 2.41. The van der Waals surface area contributed by atoms with Crippen LogP contribution in [-0.4, -0.2) is 59.4 Å². The lowest BCUT2D eigenvalue weighted by Crippen LogP contribution is -2.43. The first-order valence-corrected chi connectivity index (χ1v) is 20.6. The Morgan fingerprint density at radius 1 is 0.585 bits per heavy atom. The van der Waals surface area contributed by atoms with E-state index in [1.165, 1.54) is 80.5 Å². The number of imide groups is 2. The standard InChI is InChI=1S/C40H46N4O7S2/c1-3-5-7-9-11-13-20-50-22-19-26-24-52-39(41-26)43-35(46)28-15-17-30-34-31(18-16-29(33(28)34)36(43)47)38(49)44(37(30)48)40-42-27(25-53-40)23-32(45)51-21-14-12-10-8-6-4-2/h15-18,24-25H,3-14,19-23H2,1-2H3. The molecule has 6 rings (SSSR count). The number of nitrogens with zero attached hydrogens (tertiary/aromatic N) is 4. The molecule has 11 nitrogen and oxygen atoms in total. The van der Waals surface area contributed by atoms with Gasteiger partial charge in [0.15, 0.2) is 10.3 Å². The van der Waals surface area contributed by atoms with E-state index >= 15 is 0 Å². The summed E-state index contributed by atoms with van der Waals surface area (Å²) in [6, 6.07) is 6.08. The Morgan fingerprint density at radius 2 is 1.02 bits per heavy atom. The molecular formula is C40H46N4O7S2.